The van der Waals surface area contributed by atoms with Gasteiger partial charge in [0.25, 0.3) is 0 Å². The molecule has 0 fully saturated rings. The van der Waals surface area contributed by atoms with Crippen LogP contribution >= 0.6 is 0 Å². The molecule has 1 aromatic rings. The van der Waals surface area contributed by atoms with Gasteiger partial charge >= 0.3 is 0 Å². The van der Waals surface area contributed by atoms with Crippen LogP contribution in [0.15, 0.2) is 12.1 Å². The molecule has 0 saturated carbocycles. The number of hydrogen-bond donors (Lipinski definition) is 2. The predicted octanol–water partition coefficient (Wildman–Crippen LogP) is 2.59. The normalized spacial score (nSPS) is 11.4. The Kier molecular flexibility index (Phi) is 4.98. The highest BCUT2D eigenvalue weighted by molar-refractivity contribution is 6.09. The van der Waals surface area contributed by atoms with Crippen molar-refractivity contribution in [3.63, 3.8) is 0 Å². The second-order valence-corrected chi connectivity index (χ2v) is 5.43. The average molecular weight is 302 g/mol. The summed E-state index contributed by atoms with van der Waals surface area (Å²) in [6.45, 7) is 6.14. The van der Waals surface area contributed by atoms with Crippen LogP contribution in [-0.4, -0.2) is 17.9 Å². The fourth-order valence-electron chi connectivity index (χ4n) is 1.45. The van der Waals surface area contributed by atoms with E-state index in [1.54, 1.807) is 13.8 Å². The highest BCUT2D eigenvalue weighted by Gasteiger charge is 2.36. The smallest absolute Gasteiger partial charge is 0.239 e. The zero-order chi connectivity index (χ0) is 16.4. The molecule has 4 nitrogen and oxygen atoms in total. The highest BCUT2D eigenvalue weighted by Crippen LogP contribution is 2.23. The minimum Gasteiger partial charge on any atom is -0.353 e. The summed E-state index contributed by atoms with van der Waals surface area (Å²) < 4.78 is 39.4. The van der Waals surface area contributed by atoms with Gasteiger partial charge in [0.1, 0.15) is 5.41 Å². The summed E-state index contributed by atoms with van der Waals surface area (Å²) in [6.07, 6.45) is 0. The number of rotatable bonds is 4. The Hall–Kier alpha value is -2.05. The molecule has 0 bridgehead atoms. The fraction of sp³-hybridized carbons (Fsp3) is 0.429. The zero-order valence-corrected chi connectivity index (χ0v) is 12.2. The van der Waals surface area contributed by atoms with E-state index in [9.17, 15) is 22.8 Å². The average Bonchev–Trinajstić information content (AvgIpc) is 2.38. The molecule has 0 aliphatic rings. The van der Waals surface area contributed by atoms with Crippen molar-refractivity contribution in [3.05, 3.63) is 29.6 Å². The van der Waals surface area contributed by atoms with E-state index in [0.29, 0.717) is 6.07 Å². The number of carbonyl (C=O) groups excluding carboxylic acids is 2. The summed E-state index contributed by atoms with van der Waals surface area (Å²) in [5, 5.41) is 4.65. The Morgan fingerprint density at radius 3 is 2.14 bits per heavy atom. The lowest BCUT2D eigenvalue weighted by atomic mass is 9.90. The topological polar surface area (TPSA) is 58.2 Å². The lowest BCUT2D eigenvalue weighted by Gasteiger charge is -2.24. The van der Waals surface area contributed by atoms with E-state index in [1.165, 1.54) is 13.8 Å². The third-order valence-corrected chi connectivity index (χ3v) is 2.84. The van der Waals surface area contributed by atoms with Gasteiger partial charge in [-0.3, -0.25) is 9.59 Å². The standard InChI is InChI=1S/C14H17F3N2O2/c1-7(2)18-12(20)14(3,4)13(21)19-9-6-5-8(15)10(16)11(9)17/h5-7H,1-4H3,(H,18,20)(H,19,21). The van der Waals surface area contributed by atoms with Crippen molar-refractivity contribution in [2.45, 2.75) is 33.7 Å². The van der Waals surface area contributed by atoms with Crippen LogP contribution in [0.2, 0.25) is 0 Å². The van der Waals surface area contributed by atoms with Crippen molar-refractivity contribution < 1.29 is 22.8 Å². The third-order valence-electron chi connectivity index (χ3n) is 2.84. The fourth-order valence-corrected chi connectivity index (χ4v) is 1.45. The number of benzene rings is 1. The maximum Gasteiger partial charge on any atom is 0.239 e. The van der Waals surface area contributed by atoms with Crippen molar-refractivity contribution in [1.82, 2.24) is 5.32 Å². The molecule has 2 N–H and O–H groups in total. The second-order valence-electron chi connectivity index (χ2n) is 5.43. The summed E-state index contributed by atoms with van der Waals surface area (Å²) in [5.41, 5.74) is -2.02. The van der Waals surface area contributed by atoms with Gasteiger partial charge in [0.2, 0.25) is 11.8 Å². The van der Waals surface area contributed by atoms with Gasteiger partial charge in [0.05, 0.1) is 5.69 Å². The molecular weight excluding hydrogens is 285 g/mol. The van der Waals surface area contributed by atoms with Crippen LogP contribution in [-0.2, 0) is 9.59 Å². The van der Waals surface area contributed by atoms with Crippen molar-refractivity contribution in [1.29, 1.82) is 0 Å². The van der Waals surface area contributed by atoms with Crippen molar-refractivity contribution in [2.75, 3.05) is 5.32 Å². The molecule has 0 radical (unpaired) electrons. The van der Waals surface area contributed by atoms with E-state index < -0.39 is 40.4 Å². The molecule has 0 aromatic heterocycles. The van der Waals surface area contributed by atoms with Gasteiger partial charge in [-0.2, -0.15) is 0 Å². The summed E-state index contributed by atoms with van der Waals surface area (Å²) >= 11 is 0. The summed E-state index contributed by atoms with van der Waals surface area (Å²) in [4.78, 5) is 24.0. The second kappa shape index (κ2) is 6.15. The molecule has 0 unspecified atom stereocenters. The molecule has 7 heteroatoms. The van der Waals surface area contributed by atoms with Crippen molar-refractivity contribution in [3.8, 4) is 0 Å². The lowest BCUT2D eigenvalue weighted by Crippen LogP contribution is -2.47. The number of anilines is 1. The van der Waals surface area contributed by atoms with E-state index >= 15 is 0 Å². The van der Waals surface area contributed by atoms with Crippen LogP contribution in [0, 0.1) is 22.9 Å². The molecular formula is C14H17F3N2O2. The first-order chi connectivity index (χ1) is 9.57. The van der Waals surface area contributed by atoms with Crippen molar-refractivity contribution >= 4 is 17.5 Å². The molecule has 0 aliphatic heterocycles. The van der Waals surface area contributed by atoms with Gasteiger partial charge in [0, 0.05) is 6.04 Å². The molecule has 21 heavy (non-hydrogen) atoms. The first-order valence-corrected chi connectivity index (χ1v) is 6.33. The molecule has 116 valence electrons. The number of carbonyl (C=O) groups is 2. The van der Waals surface area contributed by atoms with Gasteiger partial charge in [-0.1, -0.05) is 0 Å². The van der Waals surface area contributed by atoms with Crippen LogP contribution in [0.5, 0.6) is 0 Å². The van der Waals surface area contributed by atoms with Gasteiger partial charge in [0.15, 0.2) is 17.5 Å². The van der Waals surface area contributed by atoms with E-state index in [0.717, 1.165) is 6.07 Å². The predicted molar refractivity (Wildman–Crippen MR) is 72.0 cm³/mol. The summed E-state index contributed by atoms with van der Waals surface area (Å²) in [7, 11) is 0. The van der Waals surface area contributed by atoms with Crippen LogP contribution in [0.4, 0.5) is 18.9 Å². The first-order valence-electron chi connectivity index (χ1n) is 6.33. The van der Waals surface area contributed by atoms with Gasteiger partial charge in [-0.15, -0.1) is 0 Å². The monoisotopic (exact) mass is 302 g/mol. The number of nitrogens with one attached hydrogen (secondary N) is 2. The molecule has 0 atom stereocenters. The molecule has 0 saturated heterocycles. The SMILES string of the molecule is CC(C)NC(=O)C(C)(C)C(=O)Nc1ccc(F)c(F)c1F. The van der Waals surface area contributed by atoms with Gasteiger partial charge in [-0.25, -0.2) is 13.2 Å². The van der Waals surface area contributed by atoms with Crippen LogP contribution in [0.1, 0.15) is 27.7 Å². The minimum atomic E-state index is -1.68. The van der Waals surface area contributed by atoms with Gasteiger partial charge < -0.3 is 10.6 Å². The summed E-state index contributed by atoms with van der Waals surface area (Å²) in [6, 6.07) is 1.40. The van der Waals surface area contributed by atoms with Crippen LogP contribution in [0.25, 0.3) is 0 Å². The first kappa shape index (κ1) is 17.0. The van der Waals surface area contributed by atoms with E-state index in [1.807, 2.05) is 0 Å². The maximum atomic E-state index is 13.5. The van der Waals surface area contributed by atoms with E-state index in [2.05, 4.69) is 10.6 Å². The largest absolute Gasteiger partial charge is 0.353 e. The van der Waals surface area contributed by atoms with Crippen LogP contribution < -0.4 is 10.6 Å². The molecule has 0 heterocycles. The Morgan fingerprint density at radius 1 is 1.05 bits per heavy atom. The Balaban J connectivity index is 2.95. The number of hydrogen-bond acceptors (Lipinski definition) is 2. The van der Waals surface area contributed by atoms with Gasteiger partial charge in [-0.05, 0) is 39.8 Å². The zero-order valence-electron chi connectivity index (χ0n) is 12.2. The molecule has 0 spiro atoms. The van der Waals surface area contributed by atoms with E-state index in [4.69, 9.17) is 0 Å². The highest BCUT2D eigenvalue weighted by atomic mass is 19.2. The quantitative estimate of drug-likeness (QED) is 0.663. The molecule has 1 aromatic carbocycles. The number of halogens is 3. The third kappa shape index (κ3) is 3.74. The molecule has 0 aliphatic carbocycles. The Bertz CT molecular complexity index is 572. The van der Waals surface area contributed by atoms with E-state index in [-0.39, 0.29) is 6.04 Å². The summed E-state index contributed by atoms with van der Waals surface area (Å²) in [5.74, 6) is -5.94. The number of amides is 2. The Morgan fingerprint density at radius 2 is 1.62 bits per heavy atom. The minimum absolute atomic E-state index is 0.176. The molecule has 2 amide bonds. The van der Waals surface area contributed by atoms with Crippen LogP contribution in [0.3, 0.4) is 0 Å². The van der Waals surface area contributed by atoms with Crippen molar-refractivity contribution in [2.24, 2.45) is 5.41 Å². The maximum absolute atomic E-state index is 13.5. The Labute approximate surface area is 120 Å². The molecule has 1 rings (SSSR count). The lowest BCUT2D eigenvalue weighted by molar-refractivity contribution is -0.138.